The van der Waals surface area contributed by atoms with Crippen LogP contribution in [0.25, 0.3) is 0 Å². The lowest BCUT2D eigenvalue weighted by molar-refractivity contribution is -0.142. The molecule has 0 aliphatic carbocycles. The Morgan fingerprint density at radius 3 is 2.29 bits per heavy atom. The van der Waals surface area contributed by atoms with E-state index in [1.165, 1.54) is 0 Å². The quantitative estimate of drug-likeness (QED) is 0.232. The first-order valence-electron chi connectivity index (χ1n) is 12.6. The molecule has 0 bridgehead atoms. The third-order valence-electron chi connectivity index (χ3n) is 6.23. The normalized spacial score (nSPS) is 11.6. The van der Waals surface area contributed by atoms with Crippen molar-refractivity contribution in [2.45, 2.75) is 52.6 Å². The van der Waals surface area contributed by atoms with Gasteiger partial charge >= 0.3 is 0 Å². The molecule has 1 unspecified atom stereocenters. The molecule has 0 aliphatic rings. The molecule has 202 valence electrons. The number of carbonyl (C=O) groups excluding carboxylic acids is 2. The minimum absolute atomic E-state index is 0.121. The van der Waals surface area contributed by atoms with Crippen molar-refractivity contribution < 1.29 is 14.3 Å². The van der Waals surface area contributed by atoms with Gasteiger partial charge < -0.3 is 15.0 Å². The van der Waals surface area contributed by atoms with Gasteiger partial charge in [0.1, 0.15) is 11.8 Å². The summed E-state index contributed by atoms with van der Waals surface area (Å²) >= 11 is 18.9. The highest BCUT2D eigenvalue weighted by atomic mass is 35.5. The summed E-state index contributed by atoms with van der Waals surface area (Å²) in [6, 6.07) is 17.6. The predicted octanol–water partition coefficient (Wildman–Crippen LogP) is 7.20. The smallest absolute Gasteiger partial charge is 0.261 e. The maximum Gasteiger partial charge on any atom is 0.261 e. The van der Waals surface area contributed by atoms with E-state index in [-0.39, 0.29) is 25.0 Å². The van der Waals surface area contributed by atoms with E-state index in [1.807, 2.05) is 44.2 Å². The van der Waals surface area contributed by atoms with E-state index in [1.54, 1.807) is 35.2 Å². The van der Waals surface area contributed by atoms with Gasteiger partial charge in [-0.15, -0.1) is 0 Å². The van der Waals surface area contributed by atoms with Crippen LogP contribution in [0, 0.1) is 13.8 Å². The zero-order valence-electron chi connectivity index (χ0n) is 21.9. The van der Waals surface area contributed by atoms with Gasteiger partial charge in [0.25, 0.3) is 5.91 Å². The number of hydrogen-bond acceptors (Lipinski definition) is 3. The lowest BCUT2D eigenvalue weighted by Crippen LogP contribution is -2.51. The van der Waals surface area contributed by atoms with Crippen LogP contribution >= 0.6 is 34.8 Å². The topological polar surface area (TPSA) is 58.6 Å². The Kier molecular flexibility index (Phi) is 11.3. The van der Waals surface area contributed by atoms with E-state index in [0.29, 0.717) is 39.3 Å². The van der Waals surface area contributed by atoms with Crippen LogP contribution in [-0.2, 0) is 22.6 Å². The molecule has 1 N–H and O–H groups in total. The molecule has 0 spiro atoms. The lowest BCUT2D eigenvalue weighted by atomic mass is 10.0. The molecule has 3 aromatic carbocycles. The van der Waals surface area contributed by atoms with Crippen LogP contribution in [0.5, 0.6) is 5.75 Å². The number of nitrogens with one attached hydrogen (secondary N) is 1. The van der Waals surface area contributed by atoms with Gasteiger partial charge in [0.15, 0.2) is 6.61 Å². The van der Waals surface area contributed by atoms with Gasteiger partial charge in [0.2, 0.25) is 5.91 Å². The summed E-state index contributed by atoms with van der Waals surface area (Å²) in [7, 11) is 0. The molecule has 5 nitrogen and oxygen atoms in total. The van der Waals surface area contributed by atoms with Crippen LogP contribution in [0.3, 0.4) is 0 Å². The van der Waals surface area contributed by atoms with Gasteiger partial charge in [-0.2, -0.15) is 0 Å². The van der Waals surface area contributed by atoms with Crippen molar-refractivity contribution in [2.24, 2.45) is 0 Å². The highest BCUT2D eigenvalue weighted by Crippen LogP contribution is 2.27. The number of nitrogens with zero attached hydrogens (tertiary/aromatic N) is 1. The summed E-state index contributed by atoms with van der Waals surface area (Å²) in [5, 5.41) is 4.58. The molecule has 0 heterocycles. The van der Waals surface area contributed by atoms with E-state index in [0.717, 1.165) is 29.5 Å². The van der Waals surface area contributed by atoms with Crippen molar-refractivity contribution in [3.8, 4) is 5.75 Å². The Hall–Kier alpha value is -2.73. The van der Waals surface area contributed by atoms with Crippen LogP contribution in [0.2, 0.25) is 15.1 Å². The maximum atomic E-state index is 13.7. The number of hydrogen-bond donors (Lipinski definition) is 1. The molecule has 2 amide bonds. The van der Waals surface area contributed by atoms with E-state index in [4.69, 9.17) is 39.5 Å². The number of rotatable bonds is 12. The highest BCUT2D eigenvalue weighted by molar-refractivity contribution is 6.35. The molecule has 8 heteroatoms. The van der Waals surface area contributed by atoms with Crippen molar-refractivity contribution in [1.82, 2.24) is 10.2 Å². The first-order chi connectivity index (χ1) is 18.2. The second-order valence-electron chi connectivity index (χ2n) is 9.27. The molecule has 0 saturated heterocycles. The van der Waals surface area contributed by atoms with Crippen LogP contribution in [0.1, 0.15) is 42.0 Å². The van der Waals surface area contributed by atoms with Crippen molar-refractivity contribution in [3.05, 3.63) is 98.0 Å². The summed E-state index contributed by atoms with van der Waals surface area (Å²) < 4.78 is 5.90. The minimum atomic E-state index is -0.772. The van der Waals surface area contributed by atoms with Gasteiger partial charge in [0, 0.05) is 34.6 Å². The van der Waals surface area contributed by atoms with Gasteiger partial charge in [-0.05, 0) is 66.8 Å². The third kappa shape index (κ3) is 8.39. The Morgan fingerprint density at radius 1 is 0.974 bits per heavy atom. The second-order valence-corrected chi connectivity index (χ2v) is 10.5. The summed E-state index contributed by atoms with van der Waals surface area (Å²) in [6.45, 7) is 6.23. The monoisotopic (exact) mass is 574 g/mol. The van der Waals surface area contributed by atoms with E-state index in [9.17, 15) is 9.59 Å². The number of aryl methyl sites for hydroxylation is 2. The van der Waals surface area contributed by atoms with Crippen molar-refractivity contribution in [1.29, 1.82) is 0 Å². The first kappa shape index (κ1) is 29.8. The van der Waals surface area contributed by atoms with Crippen LogP contribution in [0.4, 0.5) is 0 Å². The fourth-order valence-electron chi connectivity index (χ4n) is 4.11. The molecule has 0 radical (unpaired) electrons. The number of unbranched alkanes of at least 4 members (excludes halogenated alkanes) is 1. The Labute approximate surface area is 240 Å². The molecule has 38 heavy (non-hydrogen) atoms. The molecular formula is C30H33Cl3N2O3. The van der Waals surface area contributed by atoms with Crippen LogP contribution < -0.4 is 10.1 Å². The summed E-state index contributed by atoms with van der Waals surface area (Å²) in [5.41, 5.74) is 3.34. The zero-order valence-corrected chi connectivity index (χ0v) is 24.2. The van der Waals surface area contributed by atoms with Crippen molar-refractivity contribution >= 4 is 46.6 Å². The molecular weight excluding hydrogens is 543 g/mol. The first-order valence-corrected chi connectivity index (χ1v) is 13.8. The zero-order chi connectivity index (χ0) is 27.7. The third-order valence-corrected chi connectivity index (χ3v) is 7.41. The SMILES string of the molecule is CCCCNC(=O)C(Cc1ccccc1)N(Cc1ccc(Cl)cc1Cl)C(=O)COc1cc(C)c(Cl)c(C)c1. The van der Waals surface area contributed by atoms with Gasteiger partial charge in [-0.25, -0.2) is 0 Å². The summed E-state index contributed by atoms with van der Waals surface area (Å²) in [5.74, 6) is -0.0269. The van der Waals surface area contributed by atoms with Gasteiger partial charge in [-0.1, -0.05) is 84.5 Å². The maximum absolute atomic E-state index is 13.7. The molecule has 0 saturated carbocycles. The number of benzene rings is 3. The molecule has 0 fully saturated rings. The van der Waals surface area contributed by atoms with E-state index < -0.39 is 6.04 Å². The standard InChI is InChI=1S/C30H33Cl3N2O3/c1-4-5-13-34-30(37)27(16-22-9-7-6-8-10-22)35(18-23-11-12-24(31)17-26(23)32)28(36)19-38-25-14-20(2)29(33)21(3)15-25/h6-12,14-15,17,27H,4-5,13,16,18-19H2,1-3H3,(H,34,37). The van der Waals surface area contributed by atoms with Crippen LogP contribution in [-0.4, -0.2) is 35.9 Å². The van der Waals surface area contributed by atoms with Crippen molar-refractivity contribution in [3.63, 3.8) is 0 Å². The Balaban J connectivity index is 1.93. The van der Waals surface area contributed by atoms with Crippen LogP contribution in [0.15, 0.2) is 60.7 Å². The molecule has 0 aromatic heterocycles. The minimum Gasteiger partial charge on any atom is -0.484 e. The molecule has 3 aromatic rings. The number of carbonyl (C=O) groups is 2. The summed E-state index contributed by atoms with van der Waals surface area (Å²) in [4.78, 5) is 28.8. The fourth-order valence-corrected chi connectivity index (χ4v) is 4.69. The van der Waals surface area contributed by atoms with E-state index >= 15 is 0 Å². The Morgan fingerprint density at radius 2 is 1.66 bits per heavy atom. The lowest BCUT2D eigenvalue weighted by Gasteiger charge is -2.32. The number of amides is 2. The second kappa shape index (κ2) is 14.4. The largest absolute Gasteiger partial charge is 0.484 e. The molecule has 3 rings (SSSR count). The Bertz CT molecular complexity index is 1230. The van der Waals surface area contributed by atoms with Gasteiger partial charge in [0.05, 0.1) is 0 Å². The summed E-state index contributed by atoms with van der Waals surface area (Å²) in [6.07, 6.45) is 2.13. The predicted molar refractivity (Wildman–Crippen MR) is 155 cm³/mol. The highest BCUT2D eigenvalue weighted by Gasteiger charge is 2.31. The van der Waals surface area contributed by atoms with Crippen molar-refractivity contribution in [2.75, 3.05) is 13.2 Å². The number of halogens is 3. The average Bonchev–Trinajstić information content (AvgIpc) is 2.89. The van der Waals surface area contributed by atoms with Gasteiger partial charge in [-0.3, -0.25) is 9.59 Å². The fraction of sp³-hybridized carbons (Fsp3) is 0.333. The molecule has 0 aliphatic heterocycles. The number of ether oxygens (including phenoxy) is 1. The van der Waals surface area contributed by atoms with E-state index in [2.05, 4.69) is 12.2 Å². The molecule has 1 atom stereocenters. The average molecular weight is 576 g/mol.